The first-order valence-electron chi connectivity index (χ1n) is 8.64. The van der Waals surface area contributed by atoms with Crippen molar-refractivity contribution in [3.05, 3.63) is 41.2 Å². The van der Waals surface area contributed by atoms with Crippen LogP contribution < -0.4 is 14.4 Å². The van der Waals surface area contributed by atoms with Gasteiger partial charge in [0.25, 0.3) is 5.91 Å². The fourth-order valence-electron chi connectivity index (χ4n) is 3.41. The molecule has 0 atom stereocenters. The molecule has 0 aliphatic carbocycles. The Morgan fingerprint density at radius 1 is 1.08 bits per heavy atom. The molecule has 1 aromatic carbocycles. The number of nitrogens with zero attached hydrogens (tertiary/aromatic N) is 4. The number of ether oxygens (including phenoxy) is 3. The van der Waals surface area contributed by atoms with E-state index >= 15 is 0 Å². The highest BCUT2D eigenvalue weighted by Gasteiger charge is 2.28. The molecule has 1 aromatic heterocycles. The first kappa shape index (κ1) is 15.4. The zero-order valence-electron chi connectivity index (χ0n) is 14.2. The molecule has 134 valence electrons. The maximum absolute atomic E-state index is 12.9. The van der Waals surface area contributed by atoms with Gasteiger partial charge in [-0.05, 0) is 18.2 Å². The van der Waals surface area contributed by atoms with Gasteiger partial charge in [-0.1, -0.05) is 0 Å². The van der Waals surface area contributed by atoms with Crippen molar-refractivity contribution in [3.8, 4) is 11.5 Å². The lowest BCUT2D eigenvalue weighted by atomic mass is 10.2. The Hall–Kier alpha value is -2.87. The molecule has 26 heavy (non-hydrogen) atoms. The van der Waals surface area contributed by atoms with E-state index in [0.717, 1.165) is 24.3 Å². The van der Waals surface area contributed by atoms with E-state index in [4.69, 9.17) is 14.2 Å². The summed E-state index contributed by atoms with van der Waals surface area (Å²) in [4.78, 5) is 25.9. The number of benzene rings is 1. The Morgan fingerprint density at radius 2 is 1.92 bits per heavy atom. The number of carbonyl (C=O) groups is 1. The molecule has 1 fully saturated rings. The van der Waals surface area contributed by atoms with Gasteiger partial charge >= 0.3 is 0 Å². The van der Waals surface area contributed by atoms with Gasteiger partial charge in [0.1, 0.15) is 0 Å². The van der Waals surface area contributed by atoms with Crippen molar-refractivity contribution in [2.45, 2.75) is 13.1 Å². The lowest BCUT2D eigenvalue weighted by molar-refractivity contribution is 0.0750. The van der Waals surface area contributed by atoms with E-state index in [1.54, 1.807) is 23.1 Å². The molecule has 0 spiro atoms. The van der Waals surface area contributed by atoms with Crippen molar-refractivity contribution in [1.82, 2.24) is 14.9 Å². The van der Waals surface area contributed by atoms with Gasteiger partial charge < -0.3 is 24.0 Å². The molecule has 5 rings (SSSR count). The highest BCUT2D eigenvalue weighted by atomic mass is 16.7. The number of fused-ring (bicyclic) bond motifs is 2. The van der Waals surface area contributed by atoms with Crippen LogP contribution in [0.1, 0.15) is 21.6 Å². The summed E-state index contributed by atoms with van der Waals surface area (Å²) >= 11 is 0. The van der Waals surface area contributed by atoms with Crippen LogP contribution in [0.5, 0.6) is 11.5 Å². The summed E-state index contributed by atoms with van der Waals surface area (Å²) in [5.74, 6) is 1.95. The summed E-state index contributed by atoms with van der Waals surface area (Å²) in [5, 5.41) is 0. The Kier molecular flexibility index (Phi) is 3.63. The van der Waals surface area contributed by atoms with Crippen molar-refractivity contribution in [1.29, 1.82) is 0 Å². The summed E-state index contributed by atoms with van der Waals surface area (Å²) < 4.78 is 16.0. The van der Waals surface area contributed by atoms with Crippen molar-refractivity contribution < 1.29 is 19.0 Å². The van der Waals surface area contributed by atoms with E-state index in [1.807, 2.05) is 6.20 Å². The molecule has 0 unspecified atom stereocenters. The predicted molar refractivity (Wildman–Crippen MR) is 91.2 cm³/mol. The molecule has 3 aliphatic rings. The van der Waals surface area contributed by atoms with Crippen LogP contribution in [0.4, 0.5) is 5.95 Å². The molecule has 0 saturated carbocycles. The number of aromatic nitrogens is 2. The minimum atomic E-state index is -0.0470. The summed E-state index contributed by atoms with van der Waals surface area (Å²) in [6, 6.07) is 5.28. The Bertz CT molecular complexity index is 866. The largest absolute Gasteiger partial charge is 0.454 e. The van der Waals surface area contributed by atoms with E-state index < -0.39 is 0 Å². The SMILES string of the molecule is O=C(c1ccc2c(c1)OCO2)N1Cc2cnc(N3CCOCC3)nc2C1. The van der Waals surface area contributed by atoms with Gasteiger partial charge in [0.05, 0.1) is 25.5 Å². The van der Waals surface area contributed by atoms with Crippen LogP contribution in [0.25, 0.3) is 0 Å². The Balaban J connectivity index is 1.34. The first-order valence-corrected chi connectivity index (χ1v) is 8.64. The van der Waals surface area contributed by atoms with Crippen LogP contribution in [-0.2, 0) is 17.8 Å². The zero-order valence-corrected chi connectivity index (χ0v) is 14.2. The van der Waals surface area contributed by atoms with Gasteiger partial charge in [0.2, 0.25) is 12.7 Å². The van der Waals surface area contributed by atoms with Gasteiger partial charge in [0.15, 0.2) is 11.5 Å². The maximum Gasteiger partial charge on any atom is 0.254 e. The highest BCUT2D eigenvalue weighted by Crippen LogP contribution is 2.33. The van der Waals surface area contributed by atoms with Gasteiger partial charge in [-0.3, -0.25) is 4.79 Å². The van der Waals surface area contributed by atoms with Crippen LogP contribution in [0.2, 0.25) is 0 Å². The minimum Gasteiger partial charge on any atom is -0.454 e. The average molecular weight is 354 g/mol. The Morgan fingerprint density at radius 3 is 2.81 bits per heavy atom. The maximum atomic E-state index is 12.9. The monoisotopic (exact) mass is 354 g/mol. The molecule has 8 nitrogen and oxygen atoms in total. The van der Waals surface area contributed by atoms with E-state index in [9.17, 15) is 4.79 Å². The second-order valence-corrected chi connectivity index (χ2v) is 6.47. The fraction of sp³-hybridized carbons (Fsp3) is 0.389. The number of anilines is 1. The van der Waals surface area contributed by atoms with Crippen molar-refractivity contribution in [3.63, 3.8) is 0 Å². The second kappa shape index (κ2) is 6.14. The number of hydrogen-bond acceptors (Lipinski definition) is 7. The van der Waals surface area contributed by atoms with Crippen molar-refractivity contribution in [2.24, 2.45) is 0 Å². The topological polar surface area (TPSA) is 77.0 Å². The minimum absolute atomic E-state index is 0.0470. The first-order chi connectivity index (χ1) is 12.8. The number of morpholine rings is 1. The second-order valence-electron chi connectivity index (χ2n) is 6.47. The number of rotatable bonds is 2. The molecular formula is C18H18N4O4. The molecule has 1 saturated heterocycles. The third-order valence-corrected chi connectivity index (χ3v) is 4.84. The van der Waals surface area contributed by atoms with Crippen LogP contribution in [0.15, 0.2) is 24.4 Å². The standard InChI is InChI=1S/C18H18N4O4/c23-17(12-1-2-15-16(7-12)26-11-25-15)22-9-13-8-19-18(20-14(13)10-22)21-3-5-24-6-4-21/h1-2,7-8H,3-6,9-11H2. The van der Waals surface area contributed by atoms with E-state index in [0.29, 0.717) is 49.3 Å². The third-order valence-electron chi connectivity index (χ3n) is 4.84. The normalized spacial score (nSPS) is 18.2. The number of amides is 1. The summed E-state index contributed by atoms with van der Waals surface area (Å²) in [5.41, 5.74) is 2.50. The summed E-state index contributed by atoms with van der Waals surface area (Å²) in [6.07, 6.45) is 1.83. The van der Waals surface area contributed by atoms with Gasteiger partial charge in [-0.15, -0.1) is 0 Å². The lowest BCUT2D eigenvalue weighted by Crippen LogP contribution is -2.37. The molecular weight excluding hydrogens is 336 g/mol. The Labute approximate surface area is 150 Å². The van der Waals surface area contributed by atoms with Crippen molar-refractivity contribution in [2.75, 3.05) is 38.0 Å². The van der Waals surface area contributed by atoms with E-state index in [1.165, 1.54) is 0 Å². The molecule has 3 aliphatic heterocycles. The van der Waals surface area contributed by atoms with Crippen LogP contribution in [0.3, 0.4) is 0 Å². The van der Waals surface area contributed by atoms with Crippen molar-refractivity contribution >= 4 is 11.9 Å². The highest BCUT2D eigenvalue weighted by molar-refractivity contribution is 5.95. The van der Waals surface area contributed by atoms with Gasteiger partial charge in [0, 0.05) is 37.0 Å². The molecule has 0 radical (unpaired) electrons. The zero-order chi connectivity index (χ0) is 17.5. The summed E-state index contributed by atoms with van der Waals surface area (Å²) in [6.45, 7) is 4.16. The van der Waals surface area contributed by atoms with E-state index in [2.05, 4.69) is 14.9 Å². The fourth-order valence-corrected chi connectivity index (χ4v) is 3.41. The molecule has 4 heterocycles. The molecule has 8 heteroatoms. The lowest BCUT2D eigenvalue weighted by Gasteiger charge is -2.26. The quantitative estimate of drug-likeness (QED) is 0.802. The van der Waals surface area contributed by atoms with Gasteiger partial charge in [-0.25, -0.2) is 9.97 Å². The van der Waals surface area contributed by atoms with Gasteiger partial charge in [-0.2, -0.15) is 0 Å². The summed E-state index contributed by atoms with van der Waals surface area (Å²) in [7, 11) is 0. The molecule has 0 N–H and O–H groups in total. The molecule has 0 bridgehead atoms. The molecule has 1 amide bonds. The van der Waals surface area contributed by atoms with Crippen LogP contribution in [0, 0.1) is 0 Å². The van der Waals surface area contributed by atoms with Crippen LogP contribution in [-0.4, -0.2) is 53.9 Å². The number of hydrogen-bond donors (Lipinski definition) is 0. The smallest absolute Gasteiger partial charge is 0.254 e. The average Bonchev–Trinajstić information content (AvgIpc) is 3.33. The number of carbonyl (C=O) groups excluding carboxylic acids is 1. The third kappa shape index (κ3) is 2.62. The molecule has 2 aromatic rings. The van der Waals surface area contributed by atoms with Crippen LogP contribution >= 0.6 is 0 Å². The predicted octanol–water partition coefficient (Wildman–Crippen LogP) is 1.20. The van der Waals surface area contributed by atoms with E-state index in [-0.39, 0.29) is 12.7 Å².